The van der Waals surface area contributed by atoms with Crippen LogP contribution in [0.15, 0.2) is 24.3 Å². The topological polar surface area (TPSA) is 58.7 Å². The molecule has 0 saturated heterocycles. The van der Waals surface area contributed by atoms with Gasteiger partial charge in [0.25, 0.3) is 0 Å². The molecule has 4 heteroatoms. The second-order valence-corrected chi connectivity index (χ2v) is 4.19. The van der Waals surface area contributed by atoms with Crippen molar-refractivity contribution in [1.29, 1.82) is 0 Å². The largest absolute Gasteiger partial charge is 0.496 e. The molecule has 0 aliphatic heterocycles. The van der Waals surface area contributed by atoms with Crippen LogP contribution < -0.4 is 10.5 Å². The highest BCUT2D eigenvalue weighted by molar-refractivity contribution is 5.36. The van der Waals surface area contributed by atoms with Crippen LogP contribution in [0, 0.1) is 0 Å². The van der Waals surface area contributed by atoms with E-state index in [0.717, 1.165) is 11.3 Å². The first kappa shape index (κ1) is 14.0. The molecular weight excluding hydrogens is 216 g/mol. The Morgan fingerprint density at radius 1 is 1.41 bits per heavy atom. The summed E-state index contributed by atoms with van der Waals surface area (Å²) < 4.78 is 5.35. The second kappa shape index (κ2) is 6.59. The van der Waals surface area contributed by atoms with E-state index in [1.54, 1.807) is 7.11 Å². The summed E-state index contributed by atoms with van der Waals surface area (Å²) in [6, 6.07) is 7.96. The van der Waals surface area contributed by atoms with Gasteiger partial charge in [0, 0.05) is 18.2 Å². The van der Waals surface area contributed by atoms with Crippen LogP contribution in [0.3, 0.4) is 0 Å². The number of ether oxygens (including phenoxy) is 1. The van der Waals surface area contributed by atoms with Crippen LogP contribution in [0.2, 0.25) is 0 Å². The van der Waals surface area contributed by atoms with Gasteiger partial charge in [-0.2, -0.15) is 0 Å². The molecule has 1 rings (SSSR count). The van der Waals surface area contributed by atoms with E-state index in [4.69, 9.17) is 10.5 Å². The van der Waals surface area contributed by atoms with Crippen LogP contribution in [-0.4, -0.2) is 43.4 Å². The molecular formula is C13H22N2O2. The average Bonchev–Trinajstić information content (AvgIpc) is 2.39. The Morgan fingerprint density at radius 3 is 2.59 bits per heavy atom. The summed E-state index contributed by atoms with van der Waals surface area (Å²) >= 11 is 0. The average molecular weight is 238 g/mol. The highest BCUT2D eigenvalue weighted by atomic mass is 16.5. The first-order valence-electron chi connectivity index (χ1n) is 5.81. The van der Waals surface area contributed by atoms with E-state index in [-0.39, 0.29) is 18.7 Å². The van der Waals surface area contributed by atoms with Crippen LogP contribution >= 0.6 is 0 Å². The standard InChI is InChI=1S/C13H22N2O2/c1-10(9-16)15(2)12(8-14)11-6-4-5-7-13(11)17-3/h4-7,10,12,16H,8-9,14H2,1-3H3. The number of methoxy groups -OCH3 is 1. The van der Waals surface area contributed by atoms with Crippen molar-refractivity contribution in [1.82, 2.24) is 4.90 Å². The number of hydrogen-bond donors (Lipinski definition) is 2. The van der Waals surface area contributed by atoms with E-state index in [2.05, 4.69) is 4.90 Å². The molecule has 0 spiro atoms. The number of aliphatic hydroxyl groups is 1. The smallest absolute Gasteiger partial charge is 0.123 e. The quantitative estimate of drug-likeness (QED) is 0.776. The van der Waals surface area contributed by atoms with Gasteiger partial charge < -0.3 is 15.6 Å². The van der Waals surface area contributed by atoms with Gasteiger partial charge in [0.2, 0.25) is 0 Å². The van der Waals surface area contributed by atoms with E-state index in [0.29, 0.717) is 6.54 Å². The predicted molar refractivity (Wildman–Crippen MR) is 69.1 cm³/mol. The summed E-state index contributed by atoms with van der Waals surface area (Å²) in [5.74, 6) is 0.833. The fraction of sp³-hybridized carbons (Fsp3) is 0.538. The maximum atomic E-state index is 9.21. The highest BCUT2D eigenvalue weighted by Gasteiger charge is 2.22. The molecule has 0 heterocycles. The monoisotopic (exact) mass is 238 g/mol. The van der Waals surface area contributed by atoms with Crippen molar-refractivity contribution in [2.24, 2.45) is 5.73 Å². The van der Waals surface area contributed by atoms with Crippen LogP contribution in [-0.2, 0) is 0 Å². The molecule has 3 N–H and O–H groups in total. The molecule has 0 bridgehead atoms. The highest BCUT2D eigenvalue weighted by Crippen LogP contribution is 2.28. The van der Waals surface area contributed by atoms with E-state index in [1.807, 2.05) is 38.2 Å². The summed E-state index contributed by atoms with van der Waals surface area (Å²) in [5.41, 5.74) is 6.90. The third-order valence-electron chi connectivity index (χ3n) is 3.17. The Balaban J connectivity index is 3.00. The van der Waals surface area contributed by atoms with Crippen molar-refractivity contribution < 1.29 is 9.84 Å². The van der Waals surface area contributed by atoms with Crippen LogP contribution in [0.4, 0.5) is 0 Å². The van der Waals surface area contributed by atoms with Crippen LogP contribution in [0.5, 0.6) is 5.75 Å². The molecule has 0 fully saturated rings. The van der Waals surface area contributed by atoms with E-state index < -0.39 is 0 Å². The van der Waals surface area contributed by atoms with Crippen molar-refractivity contribution in [3.63, 3.8) is 0 Å². The third-order valence-corrected chi connectivity index (χ3v) is 3.17. The minimum Gasteiger partial charge on any atom is -0.496 e. The third kappa shape index (κ3) is 3.19. The number of aliphatic hydroxyl groups excluding tert-OH is 1. The maximum Gasteiger partial charge on any atom is 0.123 e. The molecule has 4 nitrogen and oxygen atoms in total. The molecule has 2 atom stereocenters. The zero-order valence-electron chi connectivity index (χ0n) is 10.8. The van der Waals surface area contributed by atoms with E-state index >= 15 is 0 Å². The summed E-state index contributed by atoms with van der Waals surface area (Å²) in [6.45, 7) is 2.57. The number of hydrogen-bond acceptors (Lipinski definition) is 4. The molecule has 0 saturated carbocycles. The second-order valence-electron chi connectivity index (χ2n) is 4.19. The fourth-order valence-corrected chi connectivity index (χ4v) is 1.89. The number of para-hydroxylation sites is 1. The molecule has 2 unspecified atom stereocenters. The molecule has 96 valence electrons. The van der Waals surface area contributed by atoms with Crippen molar-refractivity contribution in [2.45, 2.75) is 19.0 Å². The van der Waals surface area contributed by atoms with Crippen molar-refractivity contribution in [3.05, 3.63) is 29.8 Å². The first-order valence-corrected chi connectivity index (χ1v) is 5.81. The Kier molecular flexibility index (Phi) is 5.41. The number of likely N-dealkylation sites (N-methyl/N-ethyl adjacent to an activating group) is 1. The lowest BCUT2D eigenvalue weighted by Gasteiger charge is -2.32. The lowest BCUT2D eigenvalue weighted by atomic mass is 10.0. The summed E-state index contributed by atoms with van der Waals surface area (Å²) in [4.78, 5) is 2.07. The zero-order chi connectivity index (χ0) is 12.8. The molecule has 0 aliphatic rings. The Hall–Kier alpha value is -1.10. The lowest BCUT2D eigenvalue weighted by Crippen LogP contribution is -2.39. The Morgan fingerprint density at radius 2 is 2.06 bits per heavy atom. The van der Waals surface area contributed by atoms with Crippen molar-refractivity contribution in [2.75, 3.05) is 27.3 Å². The molecule has 0 radical (unpaired) electrons. The minimum absolute atomic E-state index is 0.0494. The zero-order valence-corrected chi connectivity index (χ0v) is 10.8. The van der Waals surface area contributed by atoms with Crippen LogP contribution in [0.1, 0.15) is 18.5 Å². The molecule has 1 aromatic carbocycles. The maximum absolute atomic E-state index is 9.21. The lowest BCUT2D eigenvalue weighted by molar-refractivity contribution is 0.121. The fourth-order valence-electron chi connectivity index (χ4n) is 1.89. The summed E-state index contributed by atoms with van der Waals surface area (Å²) in [7, 11) is 3.62. The van der Waals surface area contributed by atoms with Gasteiger partial charge in [0.15, 0.2) is 0 Å². The van der Waals surface area contributed by atoms with Gasteiger partial charge in [-0.05, 0) is 20.0 Å². The summed E-state index contributed by atoms with van der Waals surface area (Å²) in [5, 5.41) is 9.21. The molecule has 17 heavy (non-hydrogen) atoms. The Bertz CT molecular complexity index is 344. The number of benzene rings is 1. The van der Waals surface area contributed by atoms with Gasteiger partial charge in [-0.1, -0.05) is 18.2 Å². The van der Waals surface area contributed by atoms with Gasteiger partial charge in [0.1, 0.15) is 5.75 Å². The summed E-state index contributed by atoms with van der Waals surface area (Å²) in [6.07, 6.45) is 0. The van der Waals surface area contributed by atoms with Crippen molar-refractivity contribution >= 4 is 0 Å². The molecule has 1 aromatic rings. The normalized spacial score (nSPS) is 14.7. The Labute approximate surface area is 103 Å². The van der Waals surface area contributed by atoms with Gasteiger partial charge in [-0.25, -0.2) is 0 Å². The van der Waals surface area contributed by atoms with Gasteiger partial charge in [-0.15, -0.1) is 0 Å². The van der Waals surface area contributed by atoms with Crippen LogP contribution in [0.25, 0.3) is 0 Å². The molecule has 0 amide bonds. The van der Waals surface area contributed by atoms with Gasteiger partial charge in [0.05, 0.1) is 19.8 Å². The molecule has 0 aliphatic carbocycles. The van der Waals surface area contributed by atoms with Gasteiger partial charge in [-0.3, -0.25) is 4.90 Å². The number of rotatable bonds is 6. The predicted octanol–water partition coefficient (Wildman–Crippen LogP) is 1.01. The first-order chi connectivity index (χ1) is 8.15. The minimum atomic E-state index is 0.0494. The van der Waals surface area contributed by atoms with E-state index in [9.17, 15) is 5.11 Å². The van der Waals surface area contributed by atoms with E-state index in [1.165, 1.54) is 0 Å². The van der Waals surface area contributed by atoms with Crippen molar-refractivity contribution in [3.8, 4) is 5.75 Å². The molecule has 0 aromatic heterocycles. The number of nitrogens with two attached hydrogens (primary N) is 1. The number of nitrogens with zero attached hydrogens (tertiary/aromatic N) is 1. The SMILES string of the molecule is COc1ccccc1C(CN)N(C)C(C)CO. The van der Waals surface area contributed by atoms with Gasteiger partial charge >= 0.3 is 0 Å².